The maximum Gasteiger partial charge on any atom is 0.237 e. The minimum Gasteiger partial charge on any atom is -0.355 e. The number of nitrogens with one attached hydrogen (secondary N) is 2. The van der Waals surface area contributed by atoms with Crippen molar-refractivity contribution in [3.05, 3.63) is 0 Å². The summed E-state index contributed by atoms with van der Waals surface area (Å²) in [5, 5.41) is 6.31. The number of likely N-dealkylation sites (tertiary alicyclic amines) is 1. The van der Waals surface area contributed by atoms with Crippen molar-refractivity contribution in [1.82, 2.24) is 15.5 Å². The summed E-state index contributed by atoms with van der Waals surface area (Å²) in [5.41, 5.74) is 0. The zero-order chi connectivity index (χ0) is 14.3. The highest BCUT2D eigenvalue weighted by Gasteiger charge is 2.26. The first kappa shape index (κ1) is 16.4. The van der Waals surface area contributed by atoms with Crippen molar-refractivity contribution in [3.8, 4) is 0 Å². The number of nitrogens with zero attached hydrogens (tertiary/aromatic N) is 1. The van der Waals surface area contributed by atoms with Crippen LogP contribution in [-0.2, 0) is 4.79 Å². The molecule has 1 fully saturated rings. The maximum absolute atomic E-state index is 12.1. The molecule has 0 radical (unpaired) electrons. The predicted molar refractivity (Wildman–Crippen MR) is 80.2 cm³/mol. The fraction of sp³-hybridized carbons (Fsp3) is 0.933. The molecule has 0 bridgehead atoms. The Bertz CT molecular complexity index is 266. The van der Waals surface area contributed by atoms with Crippen LogP contribution < -0.4 is 10.6 Å². The third kappa shape index (κ3) is 5.91. The summed E-state index contributed by atoms with van der Waals surface area (Å²) < 4.78 is 0. The van der Waals surface area contributed by atoms with Crippen molar-refractivity contribution in [2.75, 3.05) is 33.2 Å². The van der Waals surface area contributed by atoms with Crippen molar-refractivity contribution >= 4 is 5.91 Å². The topological polar surface area (TPSA) is 44.4 Å². The molecule has 2 N–H and O–H groups in total. The van der Waals surface area contributed by atoms with E-state index in [2.05, 4.69) is 29.4 Å². The Kier molecular flexibility index (Phi) is 7.39. The minimum atomic E-state index is 0.00631. The normalized spacial score (nSPS) is 22.5. The average molecular weight is 269 g/mol. The molecule has 0 aliphatic carbocycles. The summed E-state index contributed by atoms with van der Waals surface area (Å²) in [5.74, 6) is 1.51. The molecule has 1 aliphatic rings. The molecule has 0 aromatic carbocycles. The third-order valence-corrected chi connectivity index (χ3v) is 3.99. The van der Waals surface area contributed by atoms with Crippen molar-refractivity contribution in [3.63, 3.8) is 0 Å². The predicted octanol–water partition coefficient (Wildman–Crippen LogP) is 1.47. The van der Waals surface area contributed by atoms with Gasteiger partial charge in [0, 0.05) is 13.1 Å². The Morgan fingerprint density at radius 3 is 2.74 bits per heavy atom. The molecule has 0 spiro atoms. The van der Waals surface area contributed by atoms with Crippen LogP contribution >= 0.6 is 0 Å². The highest BCUT2D eigenvalue weighted by atomic mass is 16.2. The van der Waals surface area contributed by atoms with E-state index in [-0.39, 0.29) is 11.9 Å². The number of carbonyl (C=O) groups is 1. The summed E-state index contributed by atoms with van der Waals surface area (Å²) in [4.78, 5) is 14.4. The first-order valence-electron chi connectivity index (χ1n) is 7.71. The Balaban J connectivity index is 2.34. The monoisotopic (exact) mass is 269 g/mol. The van der Waals surface area contributed by atoms with E-state index >= 15 is 0 Å². The first-order chi connectivity index (χ1) is 9.04. The number of amides is 1. The van der Waals surface area contributed by atoms with Gasteiger partial charge < -0.3 is 10.6 Å². The summed E-state index contributed by atoms with van der Waals surface area (Å²) in [6.07, 6.45) is 3.54. The Labute approximate surface area is 118 Å². The summed E-state index contributed by atoms with van der Waals surface area (Å²) >= 11 is 0. The van der Waals surface area contributed by atoms with Gasteiger partial charge >= 0.3 is 0 Å². The van der Waals surface area contributed by atoms with E-state index in [0.717, 1.165) is 32.6 Å². The standard InChI is InChI=1S/C15H31N3O/c1-12(2)7-8-17-15(19)13(3)18-9-5-6-14(11-18)10-16-4/h12-14,16H,5-11H2,1-4H3,(H,17,19). The van der Waals surface area contributed by atoms with Crippen LogP contribution in [0, 0.1) is 11.8 Å². The van der Waals surface area contributed by atoms with Gasteiger partial charge in [-0.25, -0.2) is 0 Å². The molecule has 0 aromatic rings. The lowest BCUT2D eigenvalue weighted by Gasteiger charge is -2.36. The van der Waals surface area contributed by atoms with Gasteiger partial charge in [0.15, 0.2) is 0 Å². The van der Waals surface area contributed by atoms with E-state index in [1.165, 1.54) is 12.8 Å². The van der Waals surface area contributed by atoms with Crippen molar-refractivity contribution in [2.24, 2.45) is 11.8 Å². The van der Waals surface area contributed by atoms with Crippen LogP contribution in [0.1, 0.15) is 40.0 Å². The van der Waals surface area contributed by atoms with Gasteiger partial charge in [-0.2, -0.15) is 0 Å². The minimum absolute atomic E-state index is 0.00631. The Hall–Kier alpha value is -0.610. The van der Waals surface area contributed by atoms with Gasteiger partial charge in [0.05, 0.1) is 6.04 Å². The average Bonchev–Trinajstić information content (AvgIpc) is 2.38. The van der Waals surface area contributed by atoms with Crippen LogP contribution in [-0.4, -0.2) is 50.1 Å². The number of carbonyl (C=O) groups excluding carboxylic acids is 1. The van der Waals surface area contributed by atoms with Gasteiger partial charge in [0.25, 0.3) is 0 Å². The molecule has 1 heterocycles. The smallest absolute Gasteiger partial charge is 0.237 e. The largest absolute Gasteiger partial charge is 0.355 e. The SMILES string of the molecule is CNCC1CCCN(C(C)C(=O)NCCC(C)C)C1. The highest BCUT2D eigenvalue weighted by molar-refractivity contribution is 5.81. The number of piperidine rings is 1. The van der Waals surface area contributed by atoms with Crippen LogP contribution in [0.15, 0.2) is 0 Å². The Morgan fingerprint density at radius 1 is 1.37 bits per heavy atom. The lowest BCUT2D eigenvalue weighted by Crippen LogP contribution is -2.50. The number of hydrogen-bond acceptors (Lipinski definition) is 3. The fourth-order valence-electron chi connectivity index (χ4n) is 2.70. The lowest BCUT2D eigenvalue weighted by molar-refractivity contribution is -0.126. The van der Waals surface area contributed by atoms with Crippen LogP contribution in [0.3, 0.4) is 0 Å². The van der Waals surface area contributed by atoms with Crippen LogP contribution in [0.4, 0.5) is 0 Å². The molecule has 1 amide bonds. The van der Waals surface area contributed by atoms with Gasteiger partial charge in [-0.15, -0.1) is 0 Å². The van der Waals surface area contributed by atoms with E-state index < -0.39 is 0 Å². The first-order valence-corrected chi connectivity index (χ1v) is 7.71. The van der Waals surface area contributed by atoms with Gasteiger partial charge in [-0.3, -0.25) is 9.69 Å². The Morgan fingerprint density at radius 2 is 2.11 bits per heavy atom. The van der Waals surface area contributed by atoms with E-state index in [0.29, 0.717) is 11.8 Å². The summed E-state index contributed by atoms with van der Waals surface area (Å²) in [7, 11) is 2.00. The second kappa shape index (κ2) is 8.54. The van der Waals surface area contributed by atoms with E-state index in [1.807, 2.05) is 14.0 Å². The van der Waals surface area contributed by atoms with E-state index in [9.17, 15) is 4.79 Å². The highest BCUT2D eigenvalue weighted by Crippen LogP contribution is 2.17. The molecule has 4 heteroatoms. The van der Waals surface area contributed by atoms with Crippen LogP contribution in [0.2, 0.25) is 0 Å². The van der Waals surface area contributed by atoms with Gasteiger partial charge in [-0.05, 0) is 58.2 Å². The maximum atomic E-state index is 12.1. The third-order valence-electron chi connectivity index (χ3n) is 3.99. The van der Waals surface area contributed by atoms with Gasteiger partial charge in [0.1, 0.15) is 0 Å². The molecule has 1 rings (SSSR count). The molecule has 112 valence electrons. The fourth-order valence-corrected chi connectivity index (χ4v) is 2.70. The molecular formula is C15H31N3O. The molecular weight excluding hydrogens is 238 g/mol. The molecule has 1 saturated heterocycles. The zero-order valence-corrected chi connectivity index (χ0v) is 13.0. The lowest BCUT2D eigenvalue weighted by atomic mass is 9.96. The molecule has 0 saturated carbocycles. The van der Waals surface area contributed by atoms with Crippen molar-refractivity contribution in [1.29, 1.82) is 0 Å². The second-order valence-corrected chi connectivity index (χ2v) is 6.21. The molecule has 2 unspecified atom stereocenters. The summed E-state index contributed by atoms with van der Waals surface area (Å²) in [6.45, 7) is 10.4. The summed E-state index contributed by atoms with van der Waals surface area (Å²) in [6, 6.07) is 0.00631. The molecule has 4 nitrogen and oxygen atoms in total. The number of rotatable bonds is 7. The van der Waals surface area contributed by atoms with E-state index in [1.54, 1.807) is 0 Å². The van der Waals surface area contributed by atoms with Crippen LogP contribution in [0.5, 0.6) is 0 Å². The molecule has 19 heavy (non-hydrogen) atoms. The molecule has 0 aromatic heterocycles. The van der Waals surface area contributed by atoms with Crippen molar-refractivity contribution < 1.29 is 4.79 Å². The molecule has 1 aliphatic heterocycles. The van der Waals surface area contributed by atoms with Crippen LogP contribution in [0.25, 0.3) is 0 Å². The number of hydrogen-bond donors (Lipinski definition) is 2. The van der Waals surface area contributed by atoms with Crippen molar-refractivity contribution in [2.45, 2.75) is 46.1 Å². The second-order valence-electron chi connectivity index (χ2n) is 6.21. The van der Waals surface area contributed by atoms with E-state index in [4.69, 9.17) is 0 Å². The quantitative estimate of drug-likeness (QED) is 0.735. The zero-order valence-electron chi connectivity index (χ0n) is 13.0. The molecule has 2 atom stereocenters. The van der Waals surface area contributed by atoms with Gasteiger partial charge in [0.2, 0.25) is 5.91 Å². The van der Waals surface area contributed by atoms with Gasteiger partial charge in [-0.1, -0.05) is 13.8 Å².